The third kappa shape index (κ3) is 5.21. The van der Waals surface area contributed by atoms with E-state index in [2.05, 4.69) is 10.6 Å². The molecule has 0 aliphatic heterocycles. The second-order valence-electron chi connectivity index (χ2n) is 3.91. The van der Waals surface area contributed by atoms with Crippen LogP contribution >= 0.6 is 0 Å². The Balaban J connectivity index is 4.19. The van der Waals surface area contributed by atoms with Gasteiger partial charge >= 0.3 is 12.0 Å². The summed E-state index contributed by atoms with van der Waals surface area (Å²) in [5, 5.41) is 22.0. The minimum Gasteiger partial charge on any atom is -0.480 e. The number of hydrogen-bond acceptors (Lipinski definition) is 3. The molecule has 0 rings (SSSR count). The Morgan fingerprint density at radius 3 is 2.27 bits per heavy atom. The van der Waals surface area contributed by atoms with E-state index in [1.54, 1.807) is 0 Å². The van der Waals surface area contributed by atoms with Crippen molar-refractivity contribution >= 4 is 12.0 Å². The lowest BCUT2D eigenvalue weighted by Crippen LogP contribution is -2.53. The first kappa shape index (κ1) is 13.7. The van der Waals surface area contributed by atoms with Gasteiger partial charge in [0.2, 0.25) is 0 Å². The minimum absolute atomic E-state index is 0.400. The molecule has 88 valence electrons. The fourth-order valence-electron chi connectivity index (χ4n) is 0.776. The summed E-state index contributed by atoms with van der Waals surface area (Å²) in [6.45, 7) is 4.92. The second kappa shape index (κ2) is 5.55. The highest BCUT2D eigenvalue weighted by Crippen LogP contribution is 2.06. The van der Waals surface area contributed by atoms with Crippen LogP contribution in [0.25, 0.3) is 0 Å². The summed E-state index contributed by atoms with van der Waals surface area (Å²) in [5.41, 5.74) is -0.400. The molecule has 0 aromatic carbocycles. The largest absolute Gasteiger partial charge is 0.480 e. The van der Waals surface area contributed by atoms with E-state index in [0.29, 0.717) is 0 Å². The number of amides is 2. The molecule has 0 radical (unpaired) electrons. The molecule has 0 saturated carbocycles. The monoisotopic (exact) mass is 218 g/mol. The van der Waals surface area contributed by atoms with E-state index in [4.69, 9.17) is 10.2 Å². The van der Waals surface area contributed by atoms with Gasteiger partial charge in [0, 0.05) is 5.54 Å². The van der Waals surface area contributed by atoms with Gasteiger partial charge in [-0.2, -0.15) is 0 Å². The molecular formula is C9H18N2O4. The maximum atomic E-state index is 11.3. The van der Waals surface area contributed by atoms with Crippen molar-refractivity contribution in [3.05, 3.63) is 0 Å². The molecule has 1 atom stereocenters. The van der Waals surface area contributed by atoms with E-state index in [0.717, 1.165) is 6.42 Å². The molecule has 0 bridgehead atoms. The normalized spacial score (nSPS) is 13.1. The van der Waals surface area contributed by atoms with E-state index >= 15 is 0 Å². The molecule has 0 fully saturated rings. The van der Waals surface area contributed by atoms with Gasteiger partial charge in [-0.15, -0.1) is 0 Å². The molecular weight excluding hydrogens is 200 g/mol. The molecule has 0 heterocycles. The first-order chi connectivity index (χ1) is 6.82. The Hall–Kier alpha value is -1.30. The number of carbonyl (C=O) groups excluding carboxylic acids is 1. The summed E-state index contributed by atoms with van der Waals surface area (Å²) in [7, 11) is 0. The molecule has 6 heteroatoms. The van der Waals surface area contributed by atoms with E-state index in [1.165, 1.54) is 0 Å². The zero-order valence-electron chi connectivity index (χ0n) is 9.20. The van der Waals surface area contributed by atoms with Crippen LogP contribution < -0.4 is 10.6 Å². The van der Waals surface area contributed by atoms with Gasteiger partial charge < -0.3 is 20.8 Å². The third-order valence-electron chi connectivity index (χ3n) is 2.12. The highest BCUT2D eigenvalue weighted by Gasteiger charge is 2.22. The summed E-state index contributed by atoms with van der Waals surface area (Å²) in [6.07, 6.45) is 0.720. The topological polar surface area (TPSA) is 98.7 Å². The average Bonchev–Trinajstić information content (AvgIpc) is 2.13. The second-order valence-corrected chi connectivity index (χ2v) is 3.91. The Labute approximate surface area is 88.7 Å². The van der Waals surface area contributed by atoms with Crippen molar-refractivity contribution < 1.29 is 19.8 Å². The fraction of sp³-hybridized carbons (Fsp3) is 0.778. The predicted octanol–water partition coefficient (Wildman–Crippen LogP) is -0.0803. The van der Waals surface area contributed by atoms with Crippen molar-refractivity contribution in [3.8, 4) is 0 Å². The smallest absolute Gasteiger partial charge is 0.328 e. The quantitative estimate of drug-likeness (QED) is 0.518. The first-order valence-electron chi connectivity index (χ1n) is 4.74. The number of carboxylic acid groups (broad SMARTS) is 1. The summed E-state index contributed by atoms with van der Waals surface area (Å²) >= 11 is 0. The molecule has 15 heavy (non-hydrogen) atoms. The van der Waals surface area contributed by atoms with Gasteiger partial charge in [-0.25, -0.2) is 9.59 Å². The van der Waals surface area contributed by atoms with Crippen LogP contribution in [0.1, 0.15) is 27.2 Å². The van der Waals surface area contributed by atoms with Gasteiger partial charge in [-0.05, 0) is 20.3 Å². The van der Waals surface area contributed by atoms with Gasteiger partial charge in [0.15, 0.2) is 6.04 Å². The number of urea groups is 1. The van der Waals surface area contributed by atoms with Crippen molar-refractivity contribution in [1.29, 1.82) is 0 Å². The van der Waals surface area contributed by atoms with Crippen LogP contribution in [-0.4, -0.2) is 40.4 Å². The number of aliphatic hydroxyl groups excluding tert-OH is 1. The Morgan fingerprint density at radius 2 is 1.93 bits per heavy atom. The van der Waals surface area contributed by atoms with Crippen LogP contribution in [0.4, 0.5) is 4.79 Å². The predicted molar refractivity (Wildman–Crippen MR) is 54.5 cm³/mol. The minimum atomic E-state index is -1.27. The lowest BCUT2D eigenvalue weighted by Gasteiger charge is -2.25. The first-order valence-corrected chi connectivity index (χ1v) is 4.74. The van der Waals surface area contributed by atoms with Crippen LogP contribution in [0.15, 0.2) is 0 Å². The number of aliphatic carboxylic acids is 1. The Kier molecular flexibility index (Phi) is 5.07. The van der Waals surface area contributed by atoms with E-state index in [9.17, 15) is 9.59 Å². The van der Waals surface area contributed by atoms with Crippen molar-refractivity contribution in [2.75, 3.05) is 6.61 Å². The summed E-state index contributed by atoms with van der Waals surface area (Å²) in [4.78, 5) is 21.8. The number of aliphatic hydroxyl groups is 1. The molecule has 1 unspecified atom stereocenters. The number of rotatable bonds is 5. The number of hydrogen-bond donors (Lipinski definition) is 4. The maximum absolute atomic E-state index is 11.3. The lowest BCUT2D eigenvalue weighted by molar-refractivity contribution is -0.140. The maximum Gasteiger partial charge on any atom is 0.328 e. The number of carbonyl (C=O) groups is 2. The molecule has 0 aromatic rings. The van der Waals surface area contributed by atoms with Gasteiger partial charge in [0.1, 0.15) is 0 Å². The molecule has 0 aromatic heterocycles. The van der Waals surface area contributed by atoms with Crippen LogP contribution in [0.5, 0.6) is 0 Å². The van der Waals surface area contributed by atoms with E-state index in [-0.39, 0.29) is 0 Å². The van der Waals surface area contributed by atoms with Crippen LogP contribution in [0.2, 0.25) is 0 Å². The van der Waals surface area contributed by atoms with Crippen molar-refractivity contribution in [2.24, 2.45) is 0 Å². The van der Waals surface area contributed by atoms with Crippen molar-refractivity contribution in [2.45, 2.75) is 38.8 Å². The van der Waals surface area contributed by atoms with Gasteiger partial charge in [-0.3, -0.25) is 0 Å². The van der Waals surface area contributed by atoms with Gasteiger partial charge in [0.25, 0.3) is 0 Å². The average molecular weight is 218 g/mol. The molecule has 6 nitrogen and oxygen atoms in total. The van der Waals surface area contributed by atoms with Gasteiger partial charge in [-0.1, -0.05) is 6.92 Å². The standard InChI is InChI=1S/C9H18N2O4/c1-4-9(2,3)11-8(15)10-6(5-12)7(13)14/h6,12H,4-5H2,1-3H3,(H,13,14)(H2,10,11,15). The summed E-state index contributed by atoms with van der Waals surface area (Å²) in [5.74, 6) is -1.26. The summed E-state index contributed by atoms with van der Waals surface area (Å²) < 4.78 is 0. The highest BCUT2D eigenvalue weighted by molar-refractivity contribution is 5.82. The van der Waals surface area contributed by atoms with Crippen molar-refractivity contribution in [3.63, 3.8) is 0 Å². The zero-order valence-corrected chi connectivity index (χ0v) is 9.20. The Bertz CT molecular complexity index is 240. The molecule has 0 aliphatic rings. The van der Waals surface area contributed by atoms with E-state index in [1.807, 2.05) is 20.8 Å². The van der Waals surface area contributed by atoms with Gasteiger partial charge in [0.05, 0.1) is 6.61 Å². The molecule has 2 amide bonds. The van der Waals surface area contributed by atoms with Crippen molar-refractivity contribution in [1.82, 2.24) is 10.6 Å². The SMILES string of the molecule is CCC(C)(C)NC(=O)NC(CO)C(=O)O. The summed E-state index contributed by atoms with van der Waals surface area (Å²) in [6, 6.07) is -1.86. The molecule has 0 aliphatic carbocycles. The van der Waals surface area contributed by atoms with Crippen LogP contribution in [-0.2, 0) is 4.79 Å². The van der Waals surface area contributed by atoms with Crippen LogP contribution in [0, 0.1) is 0 Å². The molecule has 0 spiro atoms. The van der Waals surface area contributed by atoms with E-state index < -0.39 is 30.2 Å². The fourth-order valence-corrected chi connectivity index (χ4v) is 0.776. The molecule has 4 N–H and O–H groups in total. The highest BCUT2D eigenvalue weighted by atomic mass is 16.4. The Morgan fingerprint density at radius 1 is 1.40 bits per heavy atom. The zero-order chi connectivity index (χ0) is 12.1. The van der Waals surface area contributed by atoms with Crippen LogP contribution in [0.3, 0.4) is 0 Å². The lowest BCUT2D eigenvalue weighted by atomic mass is 10.0. The number of carboxylic acids is 1. The molecule has 0 saturated heterocycles. The number of nitrogens with one attached hydrogen (secondary N) is 2. The third-order valence-corrected chi connectivity index (χ3v) is 2.12.